The number of carbonyl (C=O) groups excluding carboxylic acids is 1. The van der Waals surface area contributed by atoms with Gasteiger partial charge in [-0.05, 0) is 30.2 Å². The second-order valence-corrected chi connectivity index (χ2v) is 11.2. The summed E-state index contributed by atoms with van der Waals surface area (Å²) in [5, 5.41) is 0.229. The van der Waals surface area contributed by atoms with Crippen LogP contribution in [0.5, 0.6) is 17.2 Å². The van der Waals surface area contributed by atoms with E-state index in [1.807, 2.05) is 18.7 Å². The maximum Gasteiger partial charge on any atom is 0.265 e. The van der Waals surface area contributed by atoms with Gasteiger partial charge in [0.25, 0.3) is 10.0 Å². The number of rotatable bonds is 10. The molecule has 1 saturated heterocycles. The lowest BCUT2D eigenvalue weighted by Gasteiger charge is -2.30. The minimum Gasteiger partial charge on any atom is -0.497 e. The maximum absolute atomic E-state index is 14.0. The number of hydrogen-bond donors (Lipinski definition) is 0. The van der Waals surface area contributed by atoms with Crippen molar-refractivity contribution >= 4 is 39.7 Å². The summed E-state index contributed by atoms with van der Waals surface area (Å²) in [4.78, 5) is 23.3. The average Bonchev–Trinajstić information content (AvgIpc) is 2.93. The molecule has 1 aliphatic rings. The number of halogens is 1. The summed E-state index contributed by atoms with van der Waals surface area (Å²) in [5.74, 6) is 0.516. The van der Waals surface area contributed by atoms with E-state index in [-0.39, 0.29) is 51.3 Å². The Morgan fingerprint density at radius 1 is 1.13 bits per heavy atom. The van der Waals surface area contributed by atoms with E-state index in [2.05, 4.69) is 9.97 Å². The number of carbonyl (C=O) groups is 1. The molecule has 1 aromatic heterocycles. The molecule has 0 atom stereocenters. The lowest BCUT2D eigenvalue weighted by atomic mass is 10.2. The van der Waals surface area contributed by atoms with Crippen LogP contribution in [-0.4, -0.2) is 64.6 Å². The van der Waals surface area contributed by atoms with Crippen molar-refractivity contribution in [2.24, 2.45) is 5.92 Å². The zero-order valence-corrected chi connectivity index (χ0v) is 22.9. The first-order valence-corrected chi connectivity index (χ1v) is 13.9. The second-order valence-electron chi connectivity index (χ2n) is 8.92. The fourth-order valence-electron chi connectivity index (χ4n) is 3.84. The van der Waals surface area contributed by atoms with Gasteiger partial charge in [0.2, 0.25) is 5.95 Å². The van der Waals surface area contributed by atoms with Gasteiger partial charge in [-0.25, -0.2) is 17.7 Å². The number of ether oxygens (including phenoxy) is 3. The quantitative estimate of drug-likeness (QED) is 0.332. The molecule has 0 spiro atoms. The first kappa shape index (κ1) is 27.6. The highest BCUT2D eigenvalue weighted by atomic mass is 35.5. The Morgan fingerprint density at radius 2 is 1.84 bits per heavy atom. The predicted octanol–water partition coefficient (Wildman–Crippen LogP) is 4.43. The molecule has 1 fully saturated rings. The number of sulfonamides is 1. The van der Waals surface area contributed by atoms with Gasteiger partial charge in [0.05, 0.1) is 30.2 Å². The van der Waals surface area contributed by atoms with Crippen LogP contribution in [0.15, 0.2) is 53.4 Å². The van der Waals surface area contributed by atoms with Crippen molar-refractivity contribution in [2.75, 3.05) is 49.2 Å². The number of methoxy groups -OCH3 is 1. The van der Waals surface area contributed by atoms with Crippen LogP contribution in [0.3, 0.4) is 0 Å². The normalized spacial score (nSPS) is 13.9. The zero-order chi connectivity index (χ0) is 27.3. The van der Waals surface area contributed by atoms with E-state index in [1.165, 1.54) is 25.3 Å². The van der Waals surface area contributed by atoms with Gasteiger partial charge in [-0.15, -0.1) is 0 Å². The highest BCUT2D eigenvalue weighted by Gasteiger charge is 2.33. The largest absolute Gasteiger partial charge is 0.497 e. The van der Waals surface area contributed by atoms with Crippen LogP contribution in [0.25, 0.3) is 0 Å². The first-order valence-electron chi connectivity index (χ1n) is 12.0. The maximum atomic E-state index is 14.0. The van der Waals surface area contributed by atoms with E-state index in [0.29, 0.717) is 38.3 Å². The van der Waals surface area contributed by atoms with Gasteiger partial charge >= 0.3 is 0 Å². The van der Waals surface area contributed by atoms with Gasteiger partial charge in [-0.3, -0.25) is 4.79 Å². The van der Waals surface area contributed by atoms with Crippen molar-refractivity contribution in [3.05, 3.63) is 59.2 Å². The second kappa shape index (κ2) is 12.0. The fraction of sp³-hybridized carbons (Fsp3) is 0.346. The Kier molecular flexibility index (Phi) is 8.70. The van der Waals surface area contributed by atoms with E-state index in [9.17, 15) is 13.2 Å². The molecule has 2 aromatic carbocycles. The molecule has 12 heteroatoms. The summed E-state index contributed by atoms with van der Waals surface area (Å²) < 4.78 is 45.9. The standard InChI is InChI=1S/C26H29ClN4O6S/c1-18(2)16-31(38(33,34)20-7-5-4-6-8-20)25-24(37-23-15-19(35-3)9-10-21(23)27)22(17-32)28-26(29-25)30-11-13-36-14-12-30/h4-10,15,17-18H,11-14,16H2,1-3H3. The number of nitrogens with zero attached hydrogens (tertiary/aromatic N) is 4. The molecule has 0 unspecified atom stereocenters. The molecule has 2 heterocycles. The van der Waals surface area contributed by atoms with Crippen LogP contribution in [0, 0.1) is 5.92 Å². The van der Waals surface area contributed by atoms with Gasteiger partial charge < -0.3 is 19.1 Å². The van der Waals surface area contributed by atoms with Crippen LogP contribution in [0.4, 0.5) is 11.8 Å². The topological polar surface area (TPSA) is 111 Å². The smallest absolute Gasteiger partial charge is 0.265 e. The molecule has 4 rings (SSSR count). The summed E-state index contributed by atoms with van der Waals surface area (Å²) in [6, 6.07) is 12.8. The molecule has 10 nitrogen and oxygen atoms in total. The summed E-state index contributed by atoms with van der Waals surface area (Å²) in [6.45, 7) is 5.70. The van der Waals surface area contributed by atoms with Crippen molar-refractivity contribution in [1.82, 2.24) is 9.97 Å². The van der Waals surface area contributed by atoms with Gasteiger partial charge in [0.1, 0.15) is 11.5 Å². The van der Waals surface area contributed by atoms with Crippen LogP contribution < -0.4 is 18.7 Å². The first-order chi connectivity index (χ1) is 18.2. The SMILES string of the molecule is COc1ccc(Cl)c(Oc2c(C=O)nc(N3CCOCC3)nc2N(CC(C)C)S(=O)(=O)c2ccccc2)c1. The third-order valence-electron chi connectivity index (χ3n) is 5.72. The summed E-state index contributed by atoms with van der Waals surface area (Å²) in [5.41, 5.74) is -0.118. The Balaban J connectivity index is 1.95. The Bertz CT molecular complexity index is 1380. The van der Waals surface area contributed by atoms with Crippen molar-refractivity contribution < 1.29 is 27.4 Å². The Hall–Kier alpha value is -3.41. The lowest BCUT2D eigenvalue weighted by molar-refractivity contribution is 0.111. The molecular formula is C26H29ClN4O6S. The van der Waals surface area contributed by atoms with Crippen molar-refractivity contribution in [1.29, 1.82) is 0 Å². The van der Waals surface area contributed by atoms with E-state index in [0.717, 1.165) is 4.31 Å². The lowest BCUT2D eigenvalue weighted by Crippen LogP contribution is -2.39. The summed E-state index contributed by atoms with van der Waals surface area (Å²) in [7, 11) is -2.62. The molecule has 3 aromatic rings. The molecule has 0 radical (unpaired) electrons. The fourth-order valence-corrected chi connectivity index (χ4v) is 5.60. The van der Waals surface area contributed by atoms with E-state index < -0.39 is 10.0 Å². The third-order valence-corrected chi connectivity index (χ3v) is 7.80. The van der Waals surface area contributed by atoms with Crippen molar-refractivity contribution in [2.45, 2.75) is 18.7 Å². The Morgan fingerprint density at radius 3 is 2.47 bits per heavy atom. The number of morpholine rings is 1. The number of hydrogen-bond acceptors (Lipinski definition) is 9. The monoisotopic (exact) mass is 560 g/mol. The zero-order valence-electron chi connectivity index (χ0n) is 21.3. The van der Waals surface area contributed by atoms with E-state index >= 15 is 0 Å². The van der Waals surface area contributed by atoms with E-state index in [1.54, 1.807) is 30.3 Å². The molecule has 0 N–H and O–H groups in total. The highest BCUT2D eigenvalue weighted by Crippen LogP contribution is 2.40. The molecule has 0 aliphatic carbocycles. The number of aromatic nitrogens is 2. The number of benzene rings is 2. The van der Waals surface area contributed by atoms with Crippen LogP contribution >= 0.6 is 11.6 Å². The predicted molar refractivity (Wildman–Crippen MR) is 144 cm³/mol. The highest BCUT2D eigenvalue weighted by molar-refractivity contribution is 7.92. The molecule has 38 heavy (non-hydrogen) atoms. The van der Waals surface area contributed by atoms with Crippen LogP contribution in [0.1, 0.15) is 24.3 Å². The number of aldehydes is 1. The van der Waals surface area contributed by atoms with Gasteiger partial charge in [0.15, 0.2) is 23.5 Å². The van der Waals surface area contributed by atoms with Gasteiger partial charge in [-0.1, -0.05) is 43.6 Å². The summed E-state index contributed by atoms with van der Waals surface area (Å²) >= 11 is 6.39. The molecule has 0 amide bonds. The van der Waals surface area contributed by atoms with Gasteiger partial charge in [-0.2, -0.15) is 4.98 Å². The molecule has 0 bridgehead atoms. The van der Waals surface area contributed by atoms with Gasteiger partial charge in [0, 0.05) is 25.7 Å². The summed E-state index contributed by atoms with van der Waals surface area (Å²) in [6.07, 6.45) is 0.515. The molecule has 1 aliphatic heterocycles. The molecular weight excluding hydrogens is 532 g/mol. The molecule has 202 valence electrons. The van der Waals surface area contributed by atoms with Crippen molar-refractivity contribution in [3.63, 3.8) is 0 Å². The minimum atomic E-state index is -4.11. The Labute approximate surface area is 227 Å². The van der Waals surface area contributed by atoms with Crippen LogP contribution in [-0.2, 0) is 14.8 Å². The third kappa shape index (κ3) is 6.01. The minimum absolute atomic E-state index is 0.0668. The van der Waals surface area contributed by atoms with Crippen LogP contribution in [0.2, 0.25) is 5.02 Å². The van der Waals surface area contributed by atoms with E-state index in [4.69, 9.17) is 25.8 Å². The molecule has 0 saturated carbocycles. The number of anilines is 2. The van der Waals surface area contributed by atoms with Crippen molar-refractivity contribution in [3.8, 4) is 17.2 Å². The average molecular weight is 561 g/mol.